The van der Waals surface area contributed by atoms with Crippen LogP contribution in [0.15, 0.2) is 157 Å². The van der Waals surface area contributed by atoms with Crippen molar-refractivity contribution in [2.75, 3.05) is 0 Å². The van der Waals surface area contributed by atoms with E-state index in [4.69, 9.17) is 9.98 Å². The average molecular weight is 594 g/mol. The van der Waals surface area contributed by atoms with Gasteiger partial charge in [-0.3, -0.25) is 4.99 Å². The molecular formula is C41H27N3S. The average Bonchev–Trinajstić information content (AvgIpc) is 3.51. The van der Waals surface area contributed by atoms with Crippen LogP contribution in [0.1, 0.15) is 22.7 Å². The van der Waals surface area contributed by atoms with Gasteiger partial charge in [0.25, 0.3) is 0 Å². The fourth-order valence-electron chi connectivity index (χ4n) is 6.56. The molecule has 6 aromatic carbocycles. The van der Waals surface area contributed by atoms with Crippen LogP contribution < -0.4 is 5.32 Å². The van der Waals surface area contributed by atoms with E-state index in [1.54, 1.807) is 0 Å². The van der Waals surface area contributed by atoms with Crippen molar-refractivity contribution in [1.29, 1.82) is 0 Å². The zero-order chi connectivity index (χ0) is 29.7. The van der Waals surface area contributed by atoms with Crippen molar-refractivity contribution in [3.63, 3.8) is 0 Å². The van der Waals surface area contributed by atoms with E-state index in [0.29, 0.717) is 0 Å². The maximum Gasteiger partial charge on any atom is 0.133 e. The lowest BCUT2D eigenvalue weighted by Crippen LogP contribution is -2.27. The molecule has 0 saturated heterocycles. The monoisotopic (exact) mass is 593 g/mol. The van der Waals surface area contributed by atoms with Gasteiger partial charge in [-0.2, -0.15) is 0 Å². The highest BCUT2D eigenvalue weighted by Crippen LogP contribution is 2.44. The fraction of sp³-hybridized carbons (Fsp3) is 0.0244. The van der Waals surface area contributed by atoms with Crippen LogP contribution >= 0.6 is 11.3 Å². The third-order valence-electron chi connectivity index (χ3n) is 8.69. The van der Waals surface area contributed by atoms with Crippen LogP contribution in [0.3, 0.4) is 0 Å². The molecule has 3 nitrogen and oxygen atoms in total. The van der Waals surface area contributed by atoms with E-state index in [9.17, 15) is 0 Å². The summed E-state index contributed by atoms with van der Waals surface area (Å²) in [5.41, 5.74) is 7.52. The van der Waals surface area contributed by atoms with Crippen LogP contribution in [0.2, 0.25) is 0 Å². The summed E-state index contributed by atoms with van der Waals surface area (Å²) in [6.07, 6.45) is 2.24. The second-order valence-corrected chi connectivity index (χ2v) is 12.5. The lowest BCUT2D eigenvalue weighted by molar-refractivity contribution is 0.882. The number of hydrogen-bond donors (Lipinski definition) is 1. The number of nitrogens with one attached hydrogen (secondary N) is 1. The van der Waals surface area contributed by atoms with Gasteiger partial charge < -0.3 is 5.32 Å². The zero-order valence-electron chi connectivity index (χ0n) is 24.3. The fourth-order valence-corrected chi connectivity index (χ4v) is 7.67. The molecular weight excluding hydrogens is 567 g/mol. The second kappa shape index (κ2) is 10.5. The second-order valence-electron chi connectivity index (χ2n) is 11.4. The van der Waals surface area contributed by atoms with Crippen molar-refractivity contribution in [3.05, 3.63) is 168 Å². The van der Waals surface area contributed by atoms with Gasteiger partial charge in [-0.15, -0.1) is 11.3 Å². The third-order valence-corrected chi connectivity index (χ3v) is 9.82. The highest BCUT2D eigenvalue weighted by molar-refractivity contribution is 7.26. The molecule has 212 valence electrons. The summed E-state index contributed by atoms with van der Waals surface area (Å²) >= 11 is 1.85. The predicted octanol–water partition coefficient (Wildman–Crippen LogP) is 10.6. The van der Waals surface area contributed by atoms with Crippen LogP contribution in [-0.4, -0.2) is 10.8 Å². The smallest absolute Gasteiger partial charge is 0.133 e. The number of nitrogens with zero attached hydrogens (tertiary/aromatic N) is 2. The van der Waals surface area contributed by atoms with E-state index in [0.717, 1.165) is 50.4 Å². The minimum absolute atomic E-state index is 0.164. The van der Waals surface area contributed by atoms with Gasteiger partial charge in [0, 0.05) is 53.2 Å². The van der Waals surface area contributed by atoms with E-state index in [1.807, 2.05) is 17.4 Å². The lowest BCUT2D eigenvalue weighted by Gasteiger charge is -2.23. The molecule has 45 heavy (non-hydrogen) atoms. The number of hydrogen-bond acceptors (Lipinski definition) is 4. The molecule has 0 aliphatic carbocycles. The van der Waals surface area contributed by atoms with Crippen molar-refractivity contribution >= 4 is 64.7 Å². The molecule has 3 heterocycles. The van der Waals surface area contributed by atoms with Gasteiger partial charge in [-0.25, -0.2) is 4.98 Å². The molecule has 0 spiro atoms. The van der Waals surface area contributed by atoms with Crippen molar-refractivity contribution in [2.45, 2.75) is 6.04 Å². The van der Waals surface area contributed by atoms with Gasteiger partial charge in [0.05, 0.1) is 17.3 Å². The molecule has 1 N–H and O–H groups in total. The number of rotatable bonds is 4. The van der Waals surface area contributed by atoms with E-state index in [-0.39, 0.29) is 6.04 Å². The van der Waals surface area contributed by atoms with Gasteiger partial charge in [-0.1, -0.05) is 121 Å². The molecule has 0 amide bonds. The number of aliphatic imine (C=N–C) groups is 1. The summed E-state index contributed by atoms with van der Waals surface area (Å²) in [6, 6.07) is 51.2. The molecule has 1 aliphatic rings. The number of pyridine rings is 1. The Hall–Kier alpha value is -5.58. The Morgan fingerprint density at radius 2 is 1.22 bits per heavy atom. The predicted molar refractivity (Wildman–Crippen MR) is 191 cm³/mol. The SMILES string of the molecule is C1=C(c2ccccc2)NC(c2ccccc2)=NC1c1ccc2nc(-c3ccccc3)c3ccc4sc5ccccc5c4c3c2c1. The standard InChI is InChI=1S/C41H27N3S/c1-4-12-26(13-5-1)34-25-35(44-41(43-34)28-16-8-3-9-17-28)29-20-22-33-32(24-29)38-31(40(42-33)27-14-6-2-7-15-27)21-23-37-39(38)30-18-10-11-19-36(30)45-37/h1-25,35H,(H,43,44). The Morgan fingerprint density at radius 1 is 0.533 bits per heavy atom. The first-order valence-electron chi connectivity index (χ1n) is 15.2. The molecule has 1 aliphatic heterocycles. The van der Waals surface area contributed by atoms with Gasteiger partial charge >= 0.3 is 0 Å². The Morgan fingerprint density at radius 3 is 2.00 bits per heavy atom. The highest BCUT2D eigenvalue weighted by atomic mass is 32.1. The Balaban J connectivity index is 1.32. The number of aromatic nitrogens is 1. The molecule has 0 bridgehead atoms. The largest absolute Gasteiger partial charge is 0.340 e. The van der Waals surface area contributed by atoms with Gasteiger partial charge in [-0.05, 0) is 41.5 Å². The minimum Gasteiger partial charge on any atom is -0.340 e. The number of fused-ring (bicyclic) bond motifs is 7. The van der Waals surface area contributed by atoms with Crippen LogP contribution in [0.25, 0.3) is 58.8 Å². The van der Waals surface area contributed by atoms with Crippen molar-refractivity contribution in [2.24, 2.45) is 4.99 Å². The number of amidine groups is 1. The molecule has 2 aromatic heterocycles. The summed E-state index contributed by atoms with van der Waals surface area (Å²) < 4.78 is 2.59. The van der Waals surface area contributed by atoms with E-state index < -0.39 is 0 Å². The first kappa shape index (κ1) is 25.9. The van der Waals surface area contributed by atoms with Crippen LogP contribution in [0, 0.1) is 0 Å². The topological polar surface area (TPSA) is 37.3 Å². The van der Waals surface area contributed by atoms with Crippen LogP contribution in [0.4, 0.5) is 0 Å². The molecule has 0 radical (unpaired) electrons. The van der Waals surface area contributed by atoms with Crippen molar-refractivity contribution < 1.29 is 0 Å². The maximum atomic E-state index is 5.30. The van der Waals surface area contributed by atoms with Crippen LogP contribution in [-0.2, 0) is 0 Å². The molecule has 1 atom stereocenters. The van der Waals surface area contributed by atoms with E-state index >= 15 is 0 Å². The summed E-state index contributed by atoms with van der Waals surface area (Å²) in [5, 5.41) is 9.78. The first-order valence-corrected chi connectivity index (χ1v) is 16.0. The zero-order valence-corrected chi connectivity index (χ0v) is 25.1. The third kappa shape index (κ3) is 4.42. The van der Waals surface area contributed by atoms with Crippen molar-refractivity contribution in [1.82, 2.24) is 10.3 Å². The number of thiophene rings is 1. The quantitative estimate of drug-likeness (QED) is 0.206. The Bertz CT molecular complexity index is 2390. The number of benzene rings is 6. The summed E-state index contributed by atoms with van der Waals surface area (Å²) in [6.45, 7) is 0. The first-order chi connectivity index (χ1) is 22.3. The van der Waals surface area contributed by atoms with Crippen molar-refractivity contribution in [3.8, 4) is 11.3 Å². The lowest BCUT2D eigenvalue weighted by atomic mass is 9.93. The minimum atomic E-state index is -0.164. The molecule has 9 rings (SSSR count). The van der Waals surface area contributed by atoms with Gasteiger partial charge in [0.2, 0.25) is 0 Å². The Labute approximate surface area is 264 Å². The van der Waals surface area contributed by atoms with Gasteiger partial charge in [0.1, 0.15) is 5.84 Å². The molecule has 0 saturated carbocycles. The highest BCUT2D eigenvalue weighted by Gasteiger charge is 2.21. The summed E-state index contributed by atoms with van der Waals surface area (Å²) in [7, 11) is 0. The summed E-state index contributed by atoms with van der Waals surface area (Å²) in [5.74, 6) is 0.871. The van der Waals surface area contributed by atoms with E-state index in [1.165, 1.54) is 30.9 Å². The summed E-state index contributed by atoms with van der Waals surface area (Å²) in [4.78, 5) is 10.6. The maximum absolute atomic E-state index is 5.30. The van der Waals surface area contributed by atoms with E-state index in [2.05, 4.69) is 151 Å². The van der Waals surface area contributed by atoms with Crippen LogP contribution in [0.5, 0.6) is 0 Å². The molecule has 4 heteroatoms. The normalized spacial score (nSPS) is 14.9. The Kier molecular flexibility index (Phi) is 6.06. The molecule has 1 unspecified atom stereocenters. The van der Waals surface area contributed by atoms with Gasteiger partial charge in [0.15, 0.2) is 0 Å². The molecule has 8 aromatic rings. The molecule has 0 fully saturated rings.